The van der Waals surface area contributed by atoms with E-state index in [1.165, 1.54) is 25.5 Å². The van der Waals surface area contributed by atoms with Crippen molar-refractivity contribution in [3.05, 3.63) is 80.4 Å². The number of benzene rings is 1. The zero-order valence-corrected chi connectivity index (χ0v) is 14.2. The summed E-state index contributed by atoms with van der Waals surface area (Å²) in [6.07, 6.45) is 2.57. The van der Waals surface area contributed by atoms with Crippen molar-refractivity contribution in [1.82, 2.24) is 9.55 Å². The number of hydrogen-bond acceptors (Lipinski definition) is 7. The number of esters is 1. The lowest BCUT2D eigenvalue weighted by molar-refractivity contribution is 0.0601. The van der Waals surface area contributed by atoms with E-state index in [9.17, 15) is 19.5 Å². The fraction of sp³-hybridized carbons (Fsp3) is 0.111. The van der Waals surface area contributed by atoms with E-state index in [2.05, 4.69) is 14.7 Å². The highest BCUT2D eigenvalue weighted by atomic mass is 16.5. The van der Waals surface area contributed by atoms with Gasteiger partial charge in [0.15, 0.2) is 0 Å². The Morgan fingerprint density at radius 1 is 1.30 bits per heavy atom. The van der Waals surface area contributed by atoms with Crippen LogP contribution in [0.3, 0.4) is 0 Å². The lowest BCUT2D eigenvalue weighted by Gasteiger charge is -2.07. The summed E-state index contributed by atoms with van der Waals surface area (Å²) in [6.45, 7) is -0.0525. The Morgan fingerprint density at radius 2 is 2.04 bits per heavy atom. The molecule has 0 bridgehead atoms. The predicted octanol–water partition coefficient (Wildman–Crippen LogP) is 1.42. The summed E-state index contributed by atoms with van der Waals surface area (Å²) in [6, 6.07) is 9.40. The van der Waals surface area contributed by atoms with Gasteiger partial charge in [-0.1, -0.05) is 0 Å². The number of H-pyrrole nitrogens is 1. The van der Waals surface area contributed by atoms with Crippen LogP contribution in [0.4, 0.5) is 5.69 Å². The third-order valence-electron chi connectivity index (χ3n) is 3.73. The third kappa shape index (κ3) is 3.87. The van der Waals surface area contributed by atoms with E-state index in [0.717, 1.165) is 10.8 Å². The number of rotatable bonds is 5. The van der Waals surface area contributed by atoms with Crippen molar-refractivity contribution in [1.29, 1.82) is 0 Å². The monoisotopic (exact) mass is 369 g/mol. The summed E-state index contributed by atoms with van der Waals surface area (Å²) >= 11 is 0. The first-order valence-corrected chi connectivity index (χ1v) is 7.80. The standard InChI is InChI=1S/C18H15N3O6/c1-26-17(24)11-4-6-12(7-5-11)19-9-14-15(22)20-18(25)21(16(14)23)10-13-3-2-8-27-13/h2-9,23H,10H2,1H3,(H,20,22,25). The first-order valence-electron chi connectivity index (χ1n) is 7.80. The molecule has 2 aromatic heterocycles. The average molecular weight is 369 g/mol. The van der Waals surface area contributed by atoms with Gasteiger partial charge in [0.2, 0.25) is 5.88 Å². The molecule has 0 unspecified atom stereocenters. The van der Waals surface area contributed by atoms with E-state index in [0.29, 0.717) is 17.0 Å². The number of furan rings is 1. The maximum atomic E-state index is 12.0. The minimum absolute atomic E-state index is 0.0525. The lowest BCUT2D eigenvalue weighted by atomic mass is 10.2. The number of aromatic nitrogens is 2. The maximum Gasteiger partial charge on any atom is 0.337 e. The number of carbonyl (C=O) groups excluding carboxylic acids is 1. The molecule has 0 atom stereocenters. The number of aromatic amines is 1. The van der Waals surface area contributed by atoms with Gasteiger partial charge in [-0.25, -0.2) is 9.59 Å². The average Bonchev–Trinajstić information content (AvgIpc) is 3.18. The van der Waals surface area contributed by atoms with E-state index in [-0.39, 0.29) is 12.1 Å². The summed E-state index contributed by atoms with van der Waals surface area (Å²) in [5, 5.41) is 10.3. The van der Waals surface area contributed by atoms with Gasteiger partial charge in [-0.2, -0.15) is 0 Å². The molecule has 0 radical (unpaired) electrons. The van der Waals surface area contributed by atoms with Crippen molar-refractivity contribution < 1.29 is 19.1 Å². The molecule has 0 aliphatic heterocycles. The summed E-state index contributed by atoms with van der Waals surface area (Å²) in [7, 11) is 1.28. The van der Waals surface area contributed by atoms with Crippen LogP contribution in [0.2, 0.25) is 0 Å². The number of nitrogens with zero attached hydrogens (tertiary/aromatic N) is 2. The van der Waals surface area contributed by atoms with Crippen molar-refractivity contribution in [3.8, 4) is 5.88 Å². The molecule has 1 aromatic carbocycles. The molecule has 0 fully saturated rings. The predicted molar refractivity (Wildman–Crippen MR) is 95.8 cm³/mol. The Bertz CT molecular complexity index is 1090. The molecule has 2 N–H and O–H groups in total. The molecule has 0 saturated carbocycles. The Kier molecular flexibility index (Phi) is 5.02. The highest BCUT2D eigenvalue weighted by molar-refractivity contribution is 5.90. The van der Waals surface area contributed by atoms with E-state index in [1.807, 2.05) is 0 Å². The van der Waals surface area contributed by atoms with E-state index in [1.54, 1.807) is 24.3 Å². The molecule has 27 heavy (non-hydrogen) atoms. The van der Waals surface area contributed by atoms with Crippen LogP contribution in [0.5, 0.6) is 5.88 Å². The second-order valence-electron chi connectivity index (χ2n) is 5.46. The minimum Gasteiger partial charge on any atom is -0.494 e. The van der Waals surface area contributed by atoms with Gasteiger partial charge in [-0.3, -0.25) is 19.3 Å². The number of ether oxygens (including phenoxy) is 1. The van der Waals surface area contributed by atoms with Crippen LogP contribution in [0, 0.1) is 0 Å². The van der Waals surface area contributed by atoms with E-state index < -0.39 is 23.1 Å². The summed E-state index contributed by atoms with van der Waals surface area (Å²) in [4.78, 5) is 41.6. The zero-order chi connectivity index (χ0) is 19.4. The molecule has 0 aliphatic carbocycles. The Balaban J connectivity index is 1.92. The first kappa shape index (κ1) is 17.9. The molecule has 0 spiro atoms. The van der Waals surface area contributed by atoms with E-state index >= 15 is 0 Å². The number of nitrogens with one attached hydrogen (secondary N) is 1. The fourth-order valence-corrected chi connectivity index (χ4v) is 2.34. The number of hydrogen-bond donors (Lipinski definition) is 2. The first-order chi connectivity index (χ1) is 13.0. The Morgan fingerprint density at radius 3 is 2.67 bits per heavy atom. The normalized spacial score (nSPS) is 11.0. The number of aliphatic imine (C=N–C) groups is 1. The van der Waals surface area contributed by atoms with Gasteiger partial charge in [0.1, 0.15) is 11.3 Å². The van der Waals surface area contributed by atoms with Gasteiger partial charge in [0.05, 0.1) is 31.2 Å². The molecule has 2 heterocycles. The molecule has 138 valence electrons. The second kappa shape index (κ2) is 7.56. The fourth-order valence-electron chi connectivity index (χ4n) is 2.34. The van der Waals surface area contributed by atoms with Crippen LogP contribution in [0.25, 0.3) is 0 Å². The van der Waals surface area contributed by atoms with Crippen molar-refractivity contribution in [3.63, 3.8) is 0 Å². The van der Waals surface area contributed by atoms with Crippen LogP contribution in [-0.4, -0.2) is 34.0 Å². The second-order valence-corrected chi connectivity index (χ2v) is 5.46. The SMILES string of the molecule is COC(=O)c1ccc(N=Cc2c(O)n(Cc3ccco3)c(=O)[nH]c2=O)cc1. The third-order valence-corrected chi connectivity index (χ3v) is 3.73. The maximum absolute atomic E-state index is 12.0. The van der Waals surface area contributed by atoms with Gasteiger partial charge in [-0.15, -0.1) is 0 Å². The molecular weight excluding hydrogens is 354 g/mol. The molecule has 0 saturated heterocycles. The van der Waals surface area contributed by atoms with Crippen molar-refractivity contribution in [2.45, 2.75) is 6.54 Å². The van der Waals surface area contributed by atoms with Gasteiger partial charge in [0.25, 0.3) is 5.56 Å². The molecule has 0 amide bonds. The molecular formula is C18H15N3O6. The van der Waals surface area contributed by atoms with Crippen molar-refractivity contribution in [2.75, 3.05) is 7.11 Å². The lowest BCUT2D eigenvalue weighted by Crippen LogP contribution is -2.32. The largest absolute Gasteiger partial charge is 0.494 e. The van der Waals surface area contributed by atoms with Gasteiger partial charge in [0, 0.05) is 6.21 Å². The summed E-state index contributed by atoms with van der Waals surface area (Å²) < 4.78 is 10.7. The Hall–Kier alpha value is -3.88. The van der Waals surface area contributed by atoms with E-state index in [4.69, 9.17) is 4.42 Å². The number of methoxy groups -OCH3 is 1. The Labute approximate surface area is 152 Å². The van der Waals surface area contributed by atoms with Gasteiger partial charge >= 0.3 is 11.7 Å². The molecule has 9 heteroatoms. The van der Waals surface area contributed by atoms with Crippen LogP contribution in [0.15, 0.2) is 61.7 Å². The van der Waals surface area contributed by atoms with Crippen LogP contribution < -0.4 is 11.2 Å². The topological polar surface area (TPSA) is 127 Å². The highest BCUT2D eigenvalue weighted by Crippen LogP contribution is 2.16. The van der Waals surface area contributed by atoms with Crippen LogP contribution >= 0.6 is 0 Å². The van der Waals surface area contributed by atoms with Crippen molar-refractivity contribution in [2.24, 2.45) is 4.99 Å². The smallest absolute Gasteiger partial charge is 0.337 e. The van der Waals surface area contributed by atoms with Crippen LogP contribution in [-0.2, 0) is 11.3 Å². The quantitative estimate of drug-likeness (QED) is 0.517. The number of aromatic hydroxyl groups is 1. The summed E-state index contributed by atoms with van der Waals surface area (Å²) in [5.41, 5.74) is -0.941. The van der Waals surface area contributed by atoms with Gasteiger partial charge in [-0.05, 0) is 36.4 Å². The molecule has 3 rings (SSSR count). The minimum atomic E-state index is -0.775. The summed E-state index contributed by atoms with van der Waals surface area (Å²) in [5.74, 6) is -0.583. The van der Waals surface area contributed by atoms with Gasteiger partial charge < -0.3 is 14.3 Å². The highest BCUT2D eigenvalue weighted by Gasteiger charge is 2.14. The molecule has 0 aliphatic rings. The molecule has 3 aromatic rings. The van der Waals surface area contributed by atoms with Crippen LogP contribution in [0.1, 0.15) is 21.7 Å². The number of carbonyl (C=O) groups is 1. The van der Waals surface area contributed by atoms with Crippen molar-refractivity contribution >= 4 is 17.9 Å². The molecule has 9 nitrogen and oxygen atoms in total. The zero-order valence-electron chi connectivity index (χ0n) is 14.2.